The van der Waals surface area contributed by atoms with Crippen molar-refractivity contribution in [1.29, 1.82) is 0 Å². The Kier molecular flexibility index (Phi) is 6.88. The number of carbonyl (C=O) groups is 1. The first kappa shape index (κ1) is 15.1. The lowest BCUT2D eigenvalue weighted by atomic mass is 10.1. The highest BCUT2D eigenvalue weighted by Crippen LogP contribution is 2.15. The van der Waals surface area contributed by atoms with Crippen molar-refractivity contribution in [2.24, 2.45) is 5.92 Å². The third-order valence-electron chi connectivity index (χ3n) is 2.56. The van der Waals surface area contributed by atoms with Gasteiger partial charge in [0.1, 0.15) is 5.75 Å². The van der Waals surface area contributed by atoms with Crippen LogP contribution < -0.4 is 4.74 Å². The molecule has 0 fully saturated rings. The van der Waals surface area contributed by atoms with E-state index in [1.54, 1.807) is 11.8 Å². The van der Waals surface area contributed by atoms with Crippen LogP contribution in [0.25, 0.3) is 0 Å². The quantitative estimate of drug-likeness (QED) is 0.524. The first-order valence-electron chi connectivity index (χ1n) is 6.47. The smallest absolute Gasteiger partial charge is 0.172 e. The molecule has 0 bridgehead atoms. The average Bonchev–Trinajstić information content (AvgIpc) is 2.35. The van der Waals surface area contributed by atoms with Gasteiger partial charge in [-0.2, -0.15) is 11.8 Å². The van der Waals surface area contributed by atoms with Crippen molar-refractivity contribution in [2.75, 3.05) is 18.1 Å². The summed E-state index contributed by atoms with van der Waals surface area (Å²) in [5.74, 6) is 3.35. The van der Waals surface area contributed by atoms with Gasteiger partial charge in [0.05, 0.1) is 12.4 Å². The number of thioether (sulfide) groups is 1. The largest absolute Gasteiger partial charge is 0.494 e. The molecule has 3 heteroatoms. The fourth-order valence-corrected chi connectivity index (χ4v) is 2.61. The highest BCUT2D eigenvalue weighted by molar-refractivity contribution is 7.99. The Labute approximate surface area is 114 Å². The Morgan fingerprint density at radius 2 is 1.94 bits per heavy atom. The van der Waals surface area contributed by atoms with Crippen molar-refractivity contribution in [3.63, 3.8) is 0 Å². The molecule has 0 saturated carbocycles. The fourth-order valence-electron chi connectivity index (χ4n) is 1.47. The lowest BCUT2D eigenvalue weighted by Crippen LogP contribution is -2.03. The monoisotopic (exact) mass is 266 g/mol. The Morgan fingerprint density at radius 3 is 2.50 bits per heavy atom. The number of rotatable bonds is 8. The highest BCUT2D eigenvalue weighted by Gasteiger charge is 2.06. The maximum absolute atomic E-state index is 11.9. The number of Topliss-reactive ketones (excluding diaryl/α,β-unsaturated/α-hetero) is 1. The van der Waals surface area contributed by atoms with Crippen LogP contribution in [0.15, 0.2) is 24.3 Å². The molecule has 0 unspecified atom stereocenters. The second-order valence-corrected chi connectivity index (χ2v) is 5.72. The van der Waals surface area contributed by atoms with Crippen LogP contribution in [-0.4, -0.2) is 23.9 Å². The minimum Gasteiger partial charge on any atom is -0.494 e. The molecule has 0 radical (unpaired) electrons. The van der Waals surface area contributed by atoms with E-state index in [-0.39, 0.29) is 5.78 Å². The number of ether oxygens (including phenoxy) is 1. The highest BCUT2D eigenvalue weighted by atomic mass is 32.2. The number of hydrogen-bond donors (Lipinski definition) is 0. The predicted molar refractivity (Wildman–Crippen MR) is 78.7 cm³/mol. The van der Waals surface area contributed by atoms with Gasteiger partial charge in [-0.05, 0) is 49.3 Å². The van der Waals surface area contributed by atoms with Crippen LogP contribution >= 0.6 is 11.8 Å². The molecular formula is C15H22O2S. The van der Waals surface area contributed by atoms with Gasteiger partial charge in [0.25, 0.3) is 0 Å². The number of benzene rings is 1. The van der Waals surface area contributed by atoms with Gasteiger partial charge in [0, 0.05) is 5.56 Å². The summed E-state index contributed by atoms with van der Waals surface area (Å²) < 4.78 is 5.35. The normalized spacial score (nSPS) is 10.7. The minimum absolute atomic E-state index is 0.201. The van der Waals surface area contributed by atoms with Gasteiger partial charge in [0.15, 0.2) is 5.78 Å². The standard InChI is InChI=1S/C15H22O2S/c1-4-17-14-7-5-13(6-8-14)15(16)11-18-10-9-12(2)3/h5-8,12H,4,9-11H2,1-3H3. The lowest BCUT2D eigenvalue weighted by molar-refractivity contribution is 0.102. The summed E-state index contributed by atoms with van der Waals surface area (Å²) in [5.41, 5.74) is 0.774. The molecule has 0 aromatic heterocycles. The van der Waals surface area contributed by atoms with Crippen LogP contribution in [0, 0.1) is 5.92 Å². The van der Waals surface area contributed by atoms with Crippen molar-refractivity contribution in [3.05, 3.63) is 29.8 Å². The van der Waals surface area contributed by atoms with Crippen molar-refractivity contribution >= 4 is 17.5 Å². The van der Waals surface area contributed by atoms with Crippen LogP contribution in [0.1, 0.15) is 37.6 Å². The van der Waals surface area contributed by atoms with E-state index in [2.05, 4.69) is 13.8 Å². The van der Waals surface area contributed by atoms with Gasteiger partial charge >= 0.3 is 0 Å². The summed E-state index contributed by atoms with van der Waals surface area (Å²) in [6, 6.07) is 7.40. The van der Waals surface area contributed by atoms with Crippen LogP contribution in [-0.2, 0) is 0 Å². The zero-order valence-corrected chi connectivity index (χ0v) is 12.3. The molecule has 1 aromatic carbocycles. The Hall–Kier alpha value is -0.960. The first-order valence-corrected chi connectivity index (χ1v) is 7.62. The van der Waals surface area contributed by atoms with Gasteiger partial charge in [-0.25, -0.2) is 0 Å². The molecule has 0 heterocycles. The zero-order valence-electron chi connectivity index (χ0n) is 11.4. The van der Waals surface area contributed by atoms with E-state index in [1.165, 1.54) is 6.42 Å². The summed E-state index contributed by atoms with van der Waals surface area (Å²) in [6.45, 7) is 7.01. The van der Waals surface area contributed by atoms with Gasteiger partial charge < -0.3 is 4.74 Å². The molecule has 0 aliphatic carbocycles. The summed E-state index contributed by atoms with van der Waals surface area (Å²) in [6.07, 6.45) is 1.17. The van der Waals surface area contributed by atoms with E-state index < -0.39 is 0 Å². The average molecular weight is 266 g/mol. The summed E-state index contributed by atoms with van der Waals surface area (Å²) in [4.78, 5) is 11.9. The van der Waals surface area contributed by atoms with Gasteiger partial charge in [0.2, 0.25) is 0 Å². The fraction of sp³-hybridized carbons (Fsp3) is 0.533. The molecular weight excluding hydrogens is 244 g/mol. The topological polar surface area (TPSA) is 26.3 Å². The second kappa shape index (κ2) is 8.20. The molecule has 2 nitrogen and oxygen atoms in total. The van der Waals surface area contributed by atoms with E-state index in [1.807, 2.05) is 31.2 Å². The summed E-state index contributed by atoms with van der Waals surface area (Å²) in [7, 11) is 0. The third kappa shape index (κ3) is 5.58. The van der Waals surface area contributed by atoms with Gasteiger partial charge in [-0.15, -0.1) is 0 Å². The maximum atomic E-state index is 11.9. The van der Waals surface area contributed by atoms with Gasteiger partial charge in [-0.1, -0.05) is 13.8 Å². The number of carbonyl (C=O) groups excluding carboxylic acids is 1. The molecule has 0 saturated heterocycles. The molecule has 0 atom stereocenters. The second-order valence-electron chi connectivity index (χ2n) is 4.62. The van der Waals surface area contributed by atoms with Crippen molar-refractivity contribution in [3.8, 4) is 5.75 Å². The lowest BCUT2D eigenvalue weighted by Gasteiger charge is -2.05. The molecule has 1 aromatic rings. The molecule has 0 aliphatic heterocycles. The minimum atomic E-state index is 0.201. The van der Waals surface area contributed by atoms with E-state index in [9.17, 15) is 4.79 Å². The SMILES string of the molecule is CCOc1ccc(C(=O)CSCCC(C)C)cc1. The number of ketones is 1. The van der Waals surface area contributed by atoms with Crippen LogP contribution in [0.5, 0.6) is 5.75 Å². The van der Waals surface area contributed by atoms with Crippen molar-refractivity contribution < 1.29 is 9.53 Å². The summed E-state index contributed by atoms with van der Waals surface area (Å²) in [5, 5.41) is 0. The Balaban J connectivity index is 2.37. The molecule has 0 aliphatic rings. The van der Waals surface area contributed by atoms with E-state index in [0.717, 1.165) is 17.1 Å². The van der Waals surface area contributed by atoms with Crippen molar-refractivity contribution in [2.45, 2.75) is 27.2 Å². The number of hydrogen-bond acceptors (Lipinski definition) is 3. The van der Waals surface area contributed by atoms with Crippen LogP contribution in [0.4, 0.5) is 0 Å². The molecule has 0 spiro atoms. The van der Waals surface area contributed by atoms with Crippen LogP contribution in [0.2, 0.25) is 0 Å². The Morgan fingerprint density at radius 1 is 1.28 bits per heavy atom. The zero-order chi connectivity index (χ0) is 13.4. The first-order chi connectivity index (χ1) is 8.63. The third-order valence-corrected chi connectivity index (χ3v) is 3.55. The molecule has 18 heavy (non-hydrogen) atoms. The molecule has 1 rings (SSSR count). The Bertz CT molecular complexity index is 357. The predicted octanol–water partition coefficient (Wildman–Crippen LogP) is 4.05. The molecule has 0 amide bonds. The van der Waals surface area contributed by atoms with Crippen LogP contribution in [0.3, 0.4) is 0 Å². The molecule has 0 N–H and O–H groups in total. The van der Waals surface area contributed by atoms with Crippen molar-refractivity contribution in [1.82, 2.24) is 0 Å². The van der Waals surface area contributed by atoms with Gasteiger partial charge in [-0.3, -0.25) is 4.79 Å². The van der Waals surface area contributed by atoms with E-state index in [0.29, 0.717) is 18.3 Å². The van der Waals surface area contributed by atoms with E-state index in [4.69, 9.17) is 4.74 Å². The van der Waals surface area contributed by atoms with E-state index >= 15 is 0 Å². The maximum Gasteiger partial charge on any atom is 0.172 e. The molecule has 100 valence electrons. The summed E-state index contributed by atoms with van der Waals surface area (Å²) >= 11 is 1.72.